The summed E-state index contributed by atoms with van der Waals surface area (Å²) in [5.74, 6) is 0.862. The Morgan fingerprint density at radius 3 is 2.87 bits per heavy atom. The molecule has 1 aliphatic carbocycles. The molecule has 1 unspecified atom stereocenters. The highest BCUT2D eigenvalue weighted by Crippen LogP contribution is 2.26. The molecule has 1 atom stereocenters. The van der Waals surface area contributed by atoms with Crippen LogP contribution in [0.25, 0.3) is 0 Å². The minimum atomic E-state index is -0.310. The number of ether oxygens (including phenoxy) is 1. The molecule has 3 N–H and O–H groups in total. The Morgan fingerprint density at radius 2 is 2.27 bits per heavy atom. The number of nitrogens with two attached hydrogens (primary N) is 1. The standard InChI is InChI=1S/C12H17NO2/c13-12(8-14)9-3-1-6-11(7-9)15-10-4-2-5-10/h1,3,6-7,10,12,14H,2,4-5,8,13H2. The van der Waals surface area contributed by atoms with Crippen molar-refractivity contribution in [2.45, 2.75) is 31.4 Å². The minimum Gasteiger partial charge on any atom is -0.490 e. The summed E-state index contributed by atoms with van der Waals surface area (Å²) in [5.41, 5.74) is 6.66. The zero-order valence-corrected chi connectivity index (χ0v) is 8.73. The van der Waals surface area contributed by atoms with Crippen molar-refractivity contribution in [2.24, 2.45) is 5.73 Å². The van der Waals surface area contributed by atoms with Gasteiger partial charge in [0.15, 0.2) is 0 Å². The molecule has 0 aromatic heterocycles. The molecule has 0 amide bonds. The van der Waals surface area contributed by atoms with Crippen LogP contribution in [0.1, 0.15) is 30.9 Å². The van der Waals surface area contributed by atoms with E-state index in [-0.39, 0.29) is 12.6 Å². The molecule has 1 fully saturated rings. The van der Waals surface area contributed by atoms with Gasteiger partial charge in [-0.15, -0.1) is 0 Å². The molecule has 0 aliphatic heterocycles. The lowest BCUT2D eigenvalue weighted by Crippen LogP contribution is -2.24. The quantitative estimate of drug-likeness (QED) is 0.788. The Kier molecular flexibility index (Phi) is 3.23. The van der Waals surface area contributed by atoms with Crippen LogP contribution in [0.2, 0.25) is 0 Å². The van der Waals surface area contributed by atoms with E-state index in [4.69, 9.17) is 15.6 Å². The highest BCUT2D eigenvalue weighted by atomic mass is 16.5. The molecule has 0 radical (unpaired) electrons. The zero-order chi connectivity index (χ0) is 10.7. The van der Waals surface area contributed by atoms with E-state index in [1.54, 1.807) is 0 Å². The maximum absolute atomic E-state index is 8.95. The van der Waals surface area contributed by atoms with Crippen LogP contribution < -0.4 is 10.5 Å². The minimum absolute atomic E-state index is 0.0348. The zero-order valence-electron chi connectivity index (χ0n) is 8.73. The van der Waals surface area contributed by atoms with E-state index in [9.17, 15) is 0 Å². The summed E-state index contributed by atoms with van der Waals surface area (Å²) in [6.07, 6.45) is 3.94. The maximum atomic E-state index is 8.95. The number of hydrogen-bond acceptors (Lipinski definition) is 3. The van der Waals surface area contributed by atoms with E-state index >= 15 is 0 Å². The SMILES string of the molecule is NC(CO)c1cccc(OC2CCC2)c1. The van der Waals surface area contributed by atoms with Crippen molar-refractivity contribution in [1.82, 2.24) is 0 Å². The Morgan fingerprint density at radius 1 is 1.47 bits per heavy atom. The third-order valence-electron chi connectivity index (χ3n) is 2.84. The molecule has 3 nitrogen and oxygen atoms in total. The number of aliphatic hydroxyl groups excluding tert-OH is 1. The summed E-state index contributed by atoms with van der Waals surface area (Å²) in [7, 11) is 0. The fraction of sp³-hybridized carbons (Fsp3) is 0.500. The van der Waals surface area contributed by atoms with Crippen LogP contribution in [0.3, 0.4) is 0 Å². The van der Waals surface area contributed by atoms with Crippen LogP contribution in [0, 0.1) is 0 Å². The number of rotatable bonds is 4. The largest absolute Gasteiger partial charge is 0.490 e. The van der Waals surface area contributed by atoms with E-state index < -0.39 is 0 Å². The van der Waals surface area contributed by atoms with Crippen molar-refractivity contribution in [1.29, 1.82) is 0 Å². The van der Waals surface area contributed by atoms with Gasteiger partial charge in [0, 0.05) is 0 Å². The first-order valence-electron chi connectivity index (χ1n) is 5.42. The lowest BCUT2D eigenvalue weighted by atomic mass is 9.96. The van der Waals surface area contributed by atoms with E-state index in [0.717, 1.165) is 24.2 Å². The molecule has 15 heavy (non-hydrogen) atoms. The predicted molar refractivity (Wildman–Crippen MR) is 58.7 cm³/mol. The Balaban J connectivity index is 2.04. The molecule has 2 rings (SSSR count). The average molecular weight is 207 g/mol. The van der Waals surface area contributed by atoms with Gasteiger partial charge < -0.3 is 15.6 Å². The van der Waals surface area contributed by atoms with Gasteiger partial charge in [-0.1, -0.05) is 12.1 Å². The van der Waals surface area contributed by atoms with Crippen LogP contribution >= 0.6 is 0 Å². The van der Waals surface area contributed by atoms with E-state index in [0.29, 0.717) is 6.10 Å². The molecule has 1 aliphatic rings. The van der Waals surface area contributed by atoms with Gasteiger partial charge in [0.2, 0.25) is 0 Å². The summed E-state index contributed by atoms with van der Waals surface area (Å²) in [5, 5.41) is 8.95. The highest BCUT2D eigenvalue weighted by Gasteiger charge is 2.19. The molecular weight excluding hydrogens is 190 g/mol. The maximum Gasteiger partial charge on any atom is 0.120 e. The molecule has 82 valence electrons. The molecule has 1 aromatic rings. The first-order valence-corrected chi connectivity index (χ1v) is 5.42. The van der Waals surface area contributed by atoms with E-state index in [1.807, 2.05) is 24.3 Å². The fourth-order valence-electron chi connectivity index (χ4n) is 1.60. The smallest absolute Gasteiger partial charge is 0.120 e. The lowest BCUT2D eigenvalue weighted by Gasteiger charge is -2.26. The summed E-state index contributed by atoms with van der Waals surface area (Å²) in [6.45, 7) is -0.0348. The molecule has 3 heteroatoms. The van der Waals surface area contributed by atoms with Crippen molar-refractivity contribution >= 4 is 0 Å². The van der Waals surface area contributed by atoms with Crippen molar-refractivity contribution in [3.8, 4) is 5.75 Å². The third kappa shape index (κ3) is 2.49. The van der Waals surface area contributed by atoms with Crippen LogP contribution in [0.5, 0.6) is 5.75 Å². The van der Waals surface area contributed by atoms with Gasteiger partial charge in [-0.3, -0.25) is 0 Å². The second-order valence-corrected chi connectivity index (χ2v) is 4.03. The van der Waals surface area contributed by atoms with Crippen LogP contribution in [-0.4, -0.2) is 17.8 Å². The van der Waals surface area contributed by atoms with Gasteiger partial charge >= 0.3 is 0 Å². The molecule has 0 spiro atoms. The van der Waals surface area contributed by atoms with Gasteiger partial charge in [-0.25, -0.2) is 0 Å². The van der Waals surface area contributed by atoms with Crippen molar-refractivity contribution in [3.63, 3.8) is 0 Å². The van der Waals surface area contributed by atoms with Crippen LogP contribution in [0.4, 0.5) is 0 Å². The van der Waals surface area contributed by atoms with Crippen LogP contribution in [-0.2, 0) is 0 Å². The monoisotopic (exact) mass is 207 g/mol. The fourth-order valence-corrected chi connectivity index (χ4v) is 1.60. The summed E-state index contributed by atoms with van der Waals surface area (Å²) >= 11 is 0. The van der Waals surface area contributed by atoms with Gasteiger partial charge in [0.25, 0.3) is 0 Å². The Bertz CT molecular complexity index is 323. The number of aliphatic hydroxyl groups is 1. The number of hydrogen-bond donors (Lipinski definition) is 2. The molecule has 1 aromatic carbocycles. The normalized spacial score (nSPS) is 18.3. The van der Waals surface area contributed by atoms with Crippen molar-refractivity contribution in [2.75, 3.05) is 6.61 Å². The Labute approximate surface area is 89.9 Å². The first kappa shape index (κ1) is 10.5. The average Bonchev–Trinajstić information content (AvgIpc) is 2.23. The van der Waals surface area contributed by atoms with E-state index in [2.05, 4.69) is 0 Å². The van der Waals surface area contributed by atoms with Gasteiger partial charge in [0.1, 0.15) is 5.75 Å². The van der Waals surface area contributed by atoms with Gasteiger partial charge in [0.05, 0.1) is 18.8 Å². The van der Waals surface area contributed by atoms with Gasteiger partial charge in [-0.2, -0.15) is 0 Å². The molecule has 0 heterocycles. The van der Waals surface area contributed by atoms with Crippen molar-refractivity contribution in [3.05, 3.63) is 29.8 Å². The topological polar surface area (TPSA) is 55.5 Å². The predicted octanol–water partition coefficient (Wildman–Crippen LogP) is 1.61. The molecule has 1 saturated carbocycles. The first-order chi connectivity index (χ1) is 7.29. The highest BCUT2D eigenvalue weighted by molar-refractivity contribution is 5.30. The molecular formula is C12H17NO2. The van der Waals surface area contributed by atoms with E-state index in [1.165, 1.54) is 6.42 Å². The summed E-state index contributed by atoms with van der Waals surface area (Å²) in [6, 6.07) is 7.37. The summed E-state index contributed by atoms with van der Waals surface area (Å²) < 4.78 is 5.75. The summed E-state index contributed by atoms with van der Waals surface area (Å²) in [4.78, 5) is 0. The second kappa shape index (κ2) is 4.64. The third-order valence-corrected chi connectivity index (χ3v) is 2.84. The molecule has 0 saturated heterocycles. The van der Waals surface area contributed by atoms with Gasteiger partial charge in [-0.05, 0) is 37.0 Å². The van der Waals surface area contributed by atoms with Crippen molar-refractivity contribution < 1.29 is 9.84 Å². The second-order valence-electron chi connectivity index (χ2n) is 4.03. The lowest BCUT2D eigenvalue weighted by molar-refractivity contribution is 0.120. The Hall–Kier alpha value is -1.06. The number of benzene rings is 1. The van der Waals surface area contributed by atoms with Crippen LogP contribution in [0.15, 0.2) is 24.3 Å². The molecule has 0 bridgehead atoms.